The van der Waals surface area contributed by atoms with Crippen LogP contribution in [0.15, 0.2) is 76.5 Å². The molecule has 4 aromatic rings. The molecule has 4 aliphatic heterocycles. The Labute approximate surface area is 244 Å². The highest BCUT2D eigenvalue weighted by Crippen LogP contribution is 2.53. The molecule has 4 aliphatic rings. The van der Waals surface area contributed by atoms with Gasteiger partial charge in [0.25, 0.3) is 10.1 Å². The lowest BCUT2D eigenvalue weighted by atomic mass is 9.77. The predicted molar refractivity (Wildman–Crippen MR) is 156 cm³/mol. The number of benzene rings is 4. The van der Waals surface area contributed by atoms with E-state index in [1.807, 2.05) is 30.3 Å². The molecule has 1 N–H and O–H groups in total. The fourth-order valence-electron chi connectivity index (χ4n) is 7.91. The Hall–Kier alpha value is -3.02. The Bertz CT molecular complexity index is 1970. The fourth-order valence-corrected chi connectivity index (χ4v) is 10.1. The molecule has 4 saturated heterocycles. The van der Waals surface area contributed by atoms with Crippen molar-refractivity contribution in [1.29, 1.82) is 0 Å². The molecule has 0 aliphatic carbocycles. The van der Waals surface area contributed by atoms with E-state index in [-0.39, 0.29) is 62.6 Å². The van der Waals surface area contributed by atoms with Crippen LogP contribution in [0, 0.1) is 0 Å². The first-order chi connectivity index (χ1) is 20.2. The first kappa shape index (κ1) is 26.6. The third kappa shape index (κ3) is 4.18. The van der Waals surface area contributed by atoms with Crippen molar-refractivity contribution in [2.45, 2.75) is 84.6 Å². The lowest BCUT2D eigenvalue weighted by molar-refractivity contribution is 0.0999. The molecule has 0 aromatic heterocycles. The van der Waals surface area contributed by atoms with Gasteiger partial charge in [0, 0.05) is 22.6 Å². The van der Waals surface area contributed by atoms with Crippen molar-refractivity contribution >= 4 is 41.8 Å². The monoisotopic (exact) mass is 606 g/mol. The summed E-state index contributed by atoms with van der Waals surface area (Å²) in [5.74, 6) is -0.185. The molecular formula is C32H30O8S2. The third-order valence-electron chi connectivity index (χ3n) is 9.62. The van der Waals surface area contributed by atoms with Gasteiger partial charge in [-0.15, -0.1) is 0 Å². The van der Waals surface area contributed by atoms with Crippen LogP contribution in [0.4, 0.5) is 0 Å². The molecule has 0 spiro atoms. The standard InChI is InChI=1S/C32H30O8S2/c33-41(34,35)30-14-13-29(22-7-3-4-8-23(22)30)40-42(36,37)32-25(24-16-19-9-11-27(24)38-19)15-18-5-1-2-6-21(18)31(32)26-17-20-10-12-28(26)39-20/h1-8,13-15,19-20,24,26-28H,9-12,16-17H2,(H,33,34,35). The molecule has 10 heteroatoms. The molecule has 4 aromatic carbocycles. The summed E-state index contributed by atoms with van der Waals surface area (Å²) in [6.45, 7) is 0. The van der Waals surface area contributed by atoms with Gasteiger partial charge in [-0.3, -0.25) is 4.55 Å². The molecule has 8 nitrogen and oxygen atoms in total. The molecule has 6 unspecified atom stereocenters. The van der Waals surface area contributed by atoms with Crippen LogP contribution < -0.4 is 4.18 Å². The van der Waals surface area contributed by atoms with E-state index in [2.05, 4.69) is 0 Å². The van der Waals surface area contributed by atoms with Crippen LogP contribution in [0.2, 0.25) is 0 Å². The summed E-state index contributed by atoms with van der Waals surface area (Å²) in [5, 5.41) is 2.30. The van der Waals surface area contributed by atoms with E-state index in [1.54, 1.807) is 18.2 Å². The summed E-state index contributed by atoms with van der Waals surface area (Å²) in [7, 11) is -8.98. The quantitative estimate of drug-likeness (QED) is 0.208. The molecule has 42 heavy (non-hydrogen) atoms. The van der Waals surface area contributed by atoms with E-state index in [9.17, 15) is 21.4 Å². The van der Waals surface area contributed by atoms with Crippen LogP contribution in [0.25, 0.3) is 21.5 Å². The number of rotatable bonds is 6. The number of ether oxygens (including phenoxy) is 2. The van der Waals surface area contributed by atoms with Gasteiger partial charge in [-0.1, -0.05) is 48.5 Å². The van der Waals surface area contributed by atoms with E-state index < -0.39 is 20.2 Å². The minimum Gasteiger partial charge on any atom is -0.378 e. The summed E-state index contributed by atoms with van der Waals surface area (Å²) in [6, 6.07) is 18.8. The van der Waals surface area contributed by atoms with Crippen LogP contribution in [0.3, 0.4) is 0 Å². The highest BCUT2D eigenvalue weighted by Gasteiger charge is 2.48. The average Bonchev–Trinajstić information content (AvgIpc) is 3.78. The smallest absolute Gasteiger partial charge is 0.339 e. The average molecular weight is 607 g/mol. The van der Waals surface area contributed by atoms with Gasteiger partial charge >= 0.3 is 10.1 Å². The van der Waals surface area contributed by atoms with Gasteiger partial charge in [-0.05, 0) is 78.6 Å². The van der Waals surface area contributed by atoms with E-state index >= 15 is 0 Å². The highest BCUT2D eigenvalue weighted by molar-refractivity contribution is 7.87. The second kappa shape index (κ2) is 9.49. The Kier molecular flexibility index (Phi) is 6.01. The molecule has 0 amide bonds. The maximum absolute atomic E-state index is 14.7. The van der Waals surface area contributed by atoms with Crippen molar-refractivity contribution in [3.63, 3.8) is 0 Å². The Morgan fingerprint density at radius 2 is 1.33 bits per heavy atom. The summed E-state index contributed by atoms with van der Waals surface area (Å²) < 4.78 is 81.7. The van der Waals surface area contributed by atoms with Crippen molar-refractivity contribution in [3.8, 4) is 5.75 Å². The molecule has 218 valence electrons. The Morgan fingerprint density at radius 3 is 1.95 bits per heavy atom. The third-order valence-corrected chi connectivity index (χ3v) is 11.9. The Morgan fingerprint density at radius 1 is 0.714 bits per heavy atom. The highest BCUT2D eigenvalue weighted by atomic mass is 32.2. The second-order valence-corrected chi connectivity index (χ2v) is 14.9. The number of hydrogen-bond acceptors (Lipinski definition) is 7. The maximum atomic E-state index is 14.7. The second-order valence-electron chi connectivity index (χ2n) is 12.0. The molecule has 0 radical (unpaired) electrons. The van der Waals surface area contributed by atoms with Crippen molar-refractivity contribution in [2.24, 2.45) is 0 Å². The summed E-state index contributed by atoms with van der Waals surface area (Å²) in [4.78, 5) is -0.125. The molecule has 4 fully saturated rings. The lowest BCUT2D eigenvalue weighted by Gasteiger charge is -2.29. The first-order valence-electron chi connectivity index (χ1n) is 14.5. The predicted octanol–water partition coefficient (Wildman–Crippen LogP) is 6.08. The van der Waals surface area contributed by atoms with Crippen molar-refractivity contribution < 1.29 is 35.0 Å². The summed E-state index contributed by atoms with van der Waals surface area (Å²) in [5.41, 5.74) is 1.47. The van der Waals surface area contributed by atoms with Gasteiger partial charge in [-0.25, -0.2) is 0 Å². The molecule has 4 heterocycles. The van der Waals surface area contributed by atoms with Crippen LogP contribution in [0.1, 0.15) is 61.5 Å². The topological polar surface area (TPSA) is 116 Å². The molecule has 4 bridgehead atoms. The van der Waals surface area contributed by atoms with Gasteiger partial charge in [0.2, 0.25) is 0 Å². The van der Waals surface area contributed by atoms with E-state index in [1.165, 1.54) is 18.2 Å². The SMILES string of the molecule is O=S(=O)(O)c1ccc(OS(=O)(=O)c2c(C3CC4CCC3O4)cc3ccccc3c2C2CC3CCC2O3)c2ccccc12. The molecule has 8 rings (SSSR count). The van der Waals surface area contributed by atoms with Crippen LogP contribution in [0.5, 0.6) is 5.75 Å². The molecule has 0 saturated carbocycles. The zero-order valence-electron chi connectivity index (χ0n) is 22.7. The summed E-state index contributed by atoms with van der Waals surface area (Å²) >= 11 is 0. The minimum atomic E-state index is -4.54. The van der Waals surface area contributed by atoms with Crippen molar-refractivity contribution in [3.05, 3.63) is 77.9 Å². The maximum Gasteiger partial charge on any atom is 0.339 e. The van der Waals surface area contributed by atoms with E-state index in [0.717, 1.165) is 60.4 Å². The zero-order valence-corrected chi connectivity index (χ0v) is 24.3. The number of hydrogen-bond donors (Lipinski definition) is 1. The largest absolute Gasteiger partial charge is 0.378 e. The van der Waals surface area contributed by atoms with Gasteiger partial charge in [0.15, 0.2) is 5.75 Å². The first-order valence-corrected chi connectivity index (χ1v) is 17.3. The van der Waals surface area contributed by atoms with Crippen LogP contribution >= 0.6 is 0 Å². The van der Waals surface area contributed by atoms with Crippen LogP contribution in [-0.4, -0.2) is 45.8 Å². The lowest BCUT2D eigenvalue weighted by Crippen LogP contribution is -2.24. The number of fused-ring (bicyclic) bond motifs is 6. The molecular weight excluding hydrogens is 576 g/mol. The van der Waals surface area contributed by atoms with E-state index in [0.29, 0.717) is 0 Å². The zero-order chi connectivity index (χ0) is 28.8. The normalized spacial score (nSPS) is 28.7. The summed E-state index contributed by atoms with van der Waals surface area (Å²) in [6.07, 6.45) is 5.35. The van der Waals surface area contributed by atoms with Crippen molar-refractivity contribution in [1.82, 2.24) is 0 Å². The van der Waals surface area contributed by atoms with Crippen molar-refractivity contribution in [2.75, 3.05) is 0 Å². The molecule has 6 atom stereocenters. The van der Waals surface area contributed by atoms with Gasteiger partial charge in [0.05, 0.1) is 24.4 Å². The Balaban J connectivity index is 1.35. The van der Waals surface area contributed by atoms with Crippen LogP contribution in [-0.2, 0) is 29.7 Å². The van der Waals surface area contributed by atoms with Gasteiger partial charge < -0.3 is 13.7 Å². The minimum absolute atomic E-state index is 0.00329. The van der Waals surface area contributed by atoms with Gasteiger partial charge in [0.1, 0.15) is 9.79 Å². The van der Waals surface area contributed by atoms with E-state index in [4.69, 9.17) is 13.7 Å². The van der Waals surface area contributed by atoms with Gasteiger partial charge in [-0.2, -0.15) is 16.8 Å². The fraction of sp³-hybridized carbons (Fsp3) is 0.375.